The highest BCUT2D eigenvalue weighted by molar-refractivity contribution is 9.10. The van der Waals surface area contributed by atoms with E-state index in [4.69, 9.17) is 4.74 Å². The van der Waals surface area contributed by atoms with Crippen molar-refractivity contribution in [3.8, 4) is 0 Å². The van der Waals surface area contributed by atoms with Crippen LogP contribution >= 0.6 is 15.9 Å². The quantitative estimate of drug-likeness (QED) is 0.910. The first-order valence-electron chi connectivity index (χ1n) is 6.76. The number of hydrogen-bond donors (Lipinski definition) is 1. The Morgan fingerprint density at radius 3 is 2.39 bits per heavy atom. The topological polar surface area (TPSA) is 21.3 Å². The molecule has 3 heteroatoms. The van der Waals surface area contributed by atoms with Gasteiger partial charge < -0.3 is 10.1 Å². The van der Waals surface area contributed by atoms with Crippen molar-refractivity contribution in [2.45, 2.75) is 38.8 Å². The Kier molecular flexibility index (Phi) is 5.22. The minimum Gasteiger partial charge on any atom is -0.381 e. The zero-order valence-electron chi connectivity index (χ0n) is 11.2. The van der Waals surface area contributed by atoms with Crippen LogP contribution in [0, 0.1) is 5.92 Å². The summed E-state index contributed by atoms with van der Waals surface area (Å²) in [4.78, 5) is 0. The lowest BCUT2D eigenvalue weighted by Gasteiger charge is -2.30. The highest BCUT2D eigenvalue weighted by atomic mass is 79.9. The summed E-state index contributed by atoms with van der Waals surface area (Å²) in [7, 11) is 0. The van der Waals surface area contributed by atoms with Crippen LogP contribution in [0.25, 0.3) is 0 Å². The molecule has 2 rings (SSSR count). The van der Waals surface area contributed by atoms with Crippen molar-refractivity contribution in [3.63, 3.8) is 0 Å². The molecule has 2 nitrogen and oxygen atoms in total. The van der Waals surface area contributed by atoms with Gasteiger partial charge in [0.15, 0.2) is 0 Å². The van der Waals surface area contributed by atoms with E-state index in [0.29, 0.717) is 12.1 Å². The fraction of sp³-hybridized carbons (Fsp3) is 0.600. The maximum Gasteiger partial charge on any atom is 0.0469 e. The van der Waals surface area contributed by atoms with Crippen molar-refractivity contribution in [2.24, 2.45) is 5.92 Å². The Morgan fingerprint density at radius 1 is 1.17 bits per heavy atom. The molecule has 0 amide bonds. The van der Waals surface area contributed by atoms with Gasteiger partial charge >= 0.3 is 0 Å². The van der Waals surface area contributed by atoms with Crippen LogP contribution in [0.2, 0.25) is 0 Å². The molecule has 100 valence electrons. The SMILES string of the molecule is CC(NC(C)C1CCOCC1)c1ccc(Br)cc1. The summed E-state index contributed by atoms with van der Waals surface area (Å²) < 4.78 is 6.55. The lowest BCUT2D eigenvalue weighted by molar-refractivity contribution is 0.0547. The summed E-state index contributed by atoms with van der Waals surface area (Å²) in [5, 5.41) is 3.71. The Balaban J connectivity index is 1.89. The molecule has 1 aromatic rings. The van der Waals surface area contributed by atoms with E-state index < -0.39 is 0 Å². The van der Waals surface area contributed by atoms with Gasteiger partial charge in [0.1, 0.15) is 0 Å². The molecule has 1 aliphatic rings. The highest BCUT2D eigenvalue weighted by Gasteiger charge is 2.21. The predicted molar refractivity (Wildman–Crippen MR) is 78.7 cm³/mol. The van der Waals surface area contributed by atoms with Gasteiger partial charge in [-0.05, 0) is 50.3 Å². The molecule has 0 saturated carbocycles. The lowest BCUT2D eigenvalue weighted by atomic mass is 9.92. The van der Waals surface area contributed by atoms with Crippen LogP contribution in [0.15, 0.2) is 28.7 Å². The van der Waals surface area contributed by atoms with Gasteiger partial charge in [0.25, 0.3) is 0 Å². The van der Waals surface area contributed by atoms with E-state index in [1.54, 1.807) is 0 Å². The predicted octanol–water partition coefficient (Wildman–Crippen LogP) is 3.91. The zero-order chi connectivity index (χ0) is 13.0. The fourth-order valence-electron chi connectivity index (χ4n) is 2.59. The molecule has 1 fully saturated rings. The van der Waals surface area contributed by atoms with Gasteiger partial charge in [-0.2, -0.15) is 0 Å². The van der Waals surface area contributed by atoms with E-state index in [1.165, 1.54) is 18.4 Å². The average molecular weight is 312 g/mol. The molecule has 2 unspecified atom stereocenters. The van der Waals surface area contributed by atoms with Crippen molar-refractivity contribution in [2.75, 3.05) is 13.2 Å². The molecule has 1 saturated heterocycles. The second kappa shape index (κ2) is 6.69. The molecule has 1 N–H and O–H groups in total. The number of rotatable bonds is 4. The maximum atomic E-state index is 5.42. The molecule has 0 aromatic heterocycles. The first-order chi connectivity index (χ1) is 8.66. The molecule has 2 atom stereocenters. The molecule has 0 aliphatic carbocycles. The van der Waals surface area contributed by atoms with Crippen LogP contribution in [0.1, 0.15) is 38.3 Å². The minimum atomic E-state index is 0.399. The Labute approximate surface area is 118 Å². The molecule has 0 radical (unpaired) electrons. The molecular weight excluding hydrogens is 290 g/mol. The standard InChI is InChI=1S/C15H22BrNO/c1-11(13-3-5-15(16)6-4-13)17-12(2)14-7-9-18-10-8-14/h3-6,11-12,14,17H,7-10H2,1-2H3. The van der Waals surface area contributed by atoms with Gasteiger partial charge in [0.2, 0.25) is 0 Å². The smallest absolute Gasteiger partial charge is 0.0469 e. The van der Waals surface area contributed by atoms with Crippen LogP contribution in [-0.2, 0) is 4.74 Å². The molecule has 1 heterocycles. The van der Waals surface area contributed by atoms with Crippen LogP contribution in [0.4, 0.5) is 0 Å². The van der Waals surface area contributed by atoms with E-state index in [-0.39, 0.29) is 0 Å². The van der Waals surface area contributed by atoms with E-state index in [0.717, 1.165) is 23.6 Å². The lowest BCUT2D eigenvalue weighted by Crippen LogP contribution is -2.38. The summed E-state index contributed by atoms with van der Waals surface area (Å²) in [6.45, 7) is 6.37. The van der Waals surface area contributed by atoms with E-state index in [2.05, 4.69) is 59.4 Å². The van der Waals surface area contributed by atoms with Crippen LogP contribution in [0.5, 0.6) is 0 Å². The summed E-state index contributed by atoms with van der Waals surface area (Å²) in [6, 6.07) is 9.51. The fourth-order valence-corrected chi connectivity index (χ4v) is 2.86. The zero-order valence-corrected chi connectivity index (χ0v) is 12.7. The van der Waals surface area contributed by atoms with Gasteiger partial charge in [-0.25, -0.2) is 0 Å². The second-order valence-electron chi connectivity index (χ2n) is 5.18. The Morgan fingerprint density at radius 2 is 1.78 bits per heavy atom. The second-order valence-corrected chi connectivity index (χ2v) is 6.09. The van der Waals surface area contributed by atoms with Crippen molar-refractivity contribution in [1.82, 2.24) is 5.32 Å². The molecule has 0 spiro atoms. The van der Waals surface area contributed by atoms with Crippen molar-refractivity contribution in [1.29, 1.82) is 0 Å². The molecule has 18 heavy (non-hydrogen) atoms. The number of nitrogens with one attached hydrogen (secondary N) is 1. The Bertz CT molecular complexity index is 359. The van der Waals surface area contributed by atoms with Crippen molar-refractivity contribution in [3.05, 3.63) is 34.3 Å². The van der Waals surface area contributed by atoms with Gasteiger partial charge in [-0.1, -0.05) is 28.1 Å². The van der Waals surface area contributed by atoms with Crippen molar-refractivity contribution < 1.29 is 4.74 Å². The van der Waals surface area contributed by atoms with E-state index >= 15 is 0 Å². The normalized spacial score (nSPS) is 20.6. The summed E-state index contributed by atoms with van der Waals surface area (Å²) >= 11 is 3.47. The van der Waals surface area contributed by atoms with Crippen LogP contribution < -0.4 is 5.32 Å². The number of hydrogen-bond acceptors (Lipinski definition) is 2. The Hall–Kier alpha value is -0.380. The summed E-state index contributed by atoms with van der Waals surface area (Å²) in [6.07, 6.45) is 2.36. The molecular formula is C15H22BrNO. The van der Waals surface area contributed by atoms with Crippen molar-refractivity contribution >= 4 is 15.9 Å². The number of ether oxygens (including phenoxy) is 1. The third kappa shape index (κ3) is 3.81. The van der Waals surface area contributed by atoms with Gasteiger partial charge in [-0.15, -0.1) is 0 Å². The summed E-state index contributed by atoms with van der Waals surface area (Å²) in [5.74, 6) is 0.747. The third-order valence-electron chi connectivity index (χ3n) is 3.86. The molecule has 0 bridgehead atoms. The van der Waals surface area contributed by atoms with Gasteiger partial charge in [0.05, 0.1) is 0 Å². The monoisotopic (exact) mass is 311 g/mol. The summed E-state index contributed by atoms with van der Waals surface area (Å²) in [5.41, 5.74) is 1.34. The van der Waals surface area contributed by atoms with E-state index in [9.17, 15) is 0 Å². The average Bonchev–Trinajstić information content (AvgIpc) is 2.40. The largest absolute Gasteiger partial charge is 0.381 e. The van der Waals surface area contributed by atoms with Crippen LogP contribution in [0.3, 0.4) is 0 Å². The maximum absolute atomic E-state index is 5.42. The molecule has 1 aliphatic heterocycles. The number of benzene rings is 1. The van der Waals surface area contributed by atoms with Gasteiger partial charge in [0, 0.05) is 29.8 Å². The highest BCUT2D eigenvalue weighted by Crippen LogP contribution is 2.22. The number of halogens is 1. The van der Waals surface area contributed by atoms with Gasteiger partial charge in [-0.3, -0.25) is 0 Å². The van der Waals surface area contributed by atoms with E-state index in [1.807, 2.05) is 0 Å². The van der Waals surface area contributed by atoms with Crippen LogP contribution in [-0.4, -0.2) is 19.3 Å². The molecule has 1 aromatic carbocycles. The first kappa shape index (κ1) is 14.0. The first-order valence-corrected chi connectivity index (χ1v) is 7.55. The minimum absolute atomic E-state index is 0.399. The third-order valence-corrected chi connectivity index (χ3v) is 4.38.